The molecule has 1 aromatic heterocycles. The molecule has 0 atom stereocenters. The number of aromatic nitrogens is 2. The summed E-state index contributed by atoms with van der Waals surface area (Å²) in [6.07, 6.45) is 0.360. The van der Waals surface area contributed by atoms with Crippen molar-refractivity contribution < 1.29 is 9.72 Å². The highest BCUT2D eigenvalue weighted by Crippen LogP contribution is 2.28. The Labute approximate surface area is 207 Å². The van der Waals surface area contributed by atoms with Gasteiger partial charge in [0.15, 0.2) is 0 Å². The van der Waals surface area contributed by atoms with Crippen LogP contribution in [-0.4, -0.2) is 51.7 Å². The molecule has 1 aliphatic heterocycles. The second-order valence-electron chi connectivity index (χ2n) is 8.81. The fraction of sp³-hybridized carbons (Fsp3) is 0.222. The number of hydrogen-bond donors (Lipinski definition) is 0. The summed E-state index contributed by atoms with van der Waals surface area (Å²) < 4.78 is 1.12. The highest BCUT2D eigenvalue weighted by atomic mass is 16.6. The molecule has 3 aromatic carbocycles. The number of benzene rings is 3. The van der Waals surface area contributed by atoms with Crippen LogP contribution in [0.1, 0.15) is 11.3 Å². The molecule has 182 valence electrons. The molecule has 0 unspecified atom stereocenters. The summed E-state index contributed by atoms with van der Waals surface area (Å²) in [7, 11) is 0. The smallest absolute Gasteiger partial charge is 0.295 e. The Bertz CT molecular complexity index is 1510. The average Bonchev–Trinajstić information content (AvgIpc) is 2.91. The van der Waals surface area contributed by atoms with Crippen molar-refractivity contribution >= 4 is 28.1 Å². The van der Waals surface area contributed by atoms with Gasteiger partial charge in [0.05, 0.1) is 22.4 Å². The van der Waals surface area contributed by atoms with Crippen molar-refractivity contribution in [3.8, 4) is 5.69 Å². The van der Waals surface area contributed by atoms with E-state index in [0.29, 0.717) is 49.1 Å². The Morgan fingerprint density at radius 2 is 1.61 bits per heavy atom. The number of carbonyl (C=O) groups is 1. The van der Waals surface area contributed by atoms with Gasteiger partial charge in [-0.3, -0.25) is 19.7 Å². The molecule has 0 radical (unpaired) electrons. The van der Waals surface area contributed by atoms with Gasteiger partial charge in [-0.25, -0.2) is 0 Å². The summed E-state index contributed by atoms with van der Waals surface area (Å²) in [6, 6.07) is 21.5. The van der Waals surface area contributed by atoms with E-state index in [1.54, 1.807) is 31.2 Å². The van der Waals surface area contributed by atoms with Gasteiger partial charge in [-0.15, -0.1) is 0 Å². The zero-order chi connectivity index (χ0) is 25.2. The van der Waals surface area contributed by atoms with E-state index in [1.807, 2.05) is 47.4 Å². The number of amides is 1. The molecule has 9 nitrogen and oxygen atoms in total. The summed E-state index contributed by atoms with van der Waals surface area (Å²) in [4.78, 5) is 41.2. The number of fused-ring (bicyclic) bond motifs is 1. The van der Waals surface area contributed by atoms with Gasteiger partial charge in [0.25, 0.3) is 11.2 Å². The zero-order valence-corrected chi connectivity index (χ0v) is 19.8. The third-order valence-corrected chi connectivity index (χ3v) is 6.57. The van der Waals surface area contributed by atoms with E-state index < -0.39 is 10.5 Å². The molecule has 0 bridgehead atoms. The van der Waals surface area contributed by atoms with E-state index >= 15 is 0 Å². The van der Waals surface area contributed by atoms with Crippen LogP contribution in [-0.2, 0) is 11.2 Å². The number of anilines is 1. The van der Waals surface area contributed by atoms with Gasteiger partial charge < -0.3 is 9.80 Å². The fourth-order valence-electron chi connectivity index (χ4n) is 4.64. The molecule has 2 heterocycles. The third-order valence-electron chi connectivity index (χ3n) is 6.57. The second-order valence-corrected chi connectivity index (χ2v) is 8.81. The molecule has 0 N–H and O–H groups in total. The van der Waals surface area contributed by atoms with Crippen LogP contribution in [0.4, 0.5) is 11.4 Å². The minimum atomic E-state index is -0.502. The fourth-order valence-corrected chi connectivity index (χ4v) is 4.64. The topological polar surface area (TPSA) is 102 Å². The van der Waals surface area contributed by atoms with Crippen molar-refractivity contribution in [2.24, 2.45) is 0 Å². The number of hydrogen-bond acceptors (Lipinski definition) is 6. The summed E-state index contributed by atoms with van der Waals surface area (Å²) >= 11 is 0. The number of carbonyl (C=O) groups excluding carboxylic acids is 1. The Kier molecular flexibility index (Phi) is 6.20. The zero-order valence-electron chi connectivity index (χ0n) is 19.8. The van der Waals surface area contributed by atoms with Crippen molar-refractivity contribution in [3.05, 3.63) is 105 Å². The maximum Gasteiger partial charge on any atom is 0.295 e. The van der Waals surface area contributed by atoms with Gasteiger partial charge in [0.2, 0.25) is 5.91 Å². The Balaban J connectivity index is 1.42. The van der Waals surface area contributed by atoms with Crippen LogP contribution in [0.5, 0.6) is 0 Å². The number of nitrogens with zero attached hydrogens (tertiary/aromatic N) is 5. The number of nitro benzene ring substituents is 1. The third kappa shape index (κ3) is 4.43. The quantitative estimate of drug-likeness (QED) is 0.318. The van der Waals surface area contributed by atoms with E-state index in [2.05, 4.69) is 10.00 Å². The van der Waals surface area contributed by atoms with Crippen LogP contribution in [0.25, 0.3) is 16.5 Å². The molecule has 1 fully saturated rings. The van der Waals surface area contributed by atoms with Crippen LogP contribution in [0.2, 0.25) is 0 Å². The molecule has 0 spiro atoms. The maximum absolute atomic E-state index is 13.2. The molecule has 9 heteroatoms. The minimum absolute atomic E-state index is 0.0765. The van der Waals surface area contributed by atoms with E-state index in [0.717, 1.165) is 15.9 Å². The Morgan fingerprint density at radius 3 is 2.31 bits per heavy atom. The van der Waals surface area contributed by atoms with Gasteiger partial charge >= 0.3 is 0 Å². The van der Waals surface area contributed by atoms with Gasteiger partial charge in [0.1, 0.15) is 5.69 Å². The molecule has 5 rings (SSSR count). The number of nitro groups is 1. The van der Waals surface area contributed by atoms with E-state index in [4.69, 9.17) is 0 Å². The van der Waals surface area contributed by atoms with Crippen LogP contribution in [0.3, 0.4) is 0 Å². The molecule has 1 aliphatic rings. The lowest BCUT2D eigenvalue weighted by molar-refractivity contribution is -0.384. The van der Waals surface area contributed by atoms with Crippen LogP contribution >= 0.6 is 0 Å². The first-order valence-corrected chi connectivity index (χ1v) is 11.8. The van der Waals surface area contributed by atoms with Crippen LogP contribution in [0.15, 0.2) is 77.6 Å². The number of rotatable bonds is 5. The molecule has 0 aliphatic carbocycles. The average molecular weight is 484 g/mol. The number of aryl methyl sites for hydroxylation is 1. The van der Waals surface area contributed by atoms with E-state index in [9.17, 15) is 19.7 Å². The Hall–Kier alpha value is -4.53. The highest BCUT2D eigenvalue weighted by molar-refractivity contribution is 5.84. The molecule has 1 saturated heterocycles. The maximum atomic E-state index is 13.2. The predicted molar refractivity (Wildman–Crippen MR) is 138 cm³/mol. The first-order chi connectivity index (χ1) is 17.4. The lowest BCUT2D eigenvalue weighted by atomic mass is 10.1. The molecule has 1 amide bonds. The van der Waals surface area contributed by atoms with Crippen LogP contribution in [0, 0.1) is 17.0 Å². The normalized spacial score (nSPS) is 13.7. The van der Waals surface area contributed by atoms with Gasteiger partial charge in [-0.05, 0) is 30.7 Å². The molecule has 4 aromatic rings. The highest BCUT2D eigenvalue weighted by Gasteiger charge is 2.25. The van der Waals surface area contributed by atoms with Crippen LogP contribution < -0.4 is 10.5 Å². The predicted octanol–water partition coefficient (Wildman–Crippen LogP) is 3.49. The summed E-state index contributed by atoms with van der Waals surface area (Å²) in [6.45, 7) is 4.03. The van der Waals surface area contributed by atoms with E-state index in [1.165, 1.54) is 6.07 Å². The van der Waals surface area contributed by atoms with E-state index in [-0.39, 0.29) is 17.3 Å². The van der Waals surface area contributed by atoms with Crippen molar-refractivity contribution in [1.82, 2.24) is 14.7 Å². The first kappa shape index (κ1) is 23.2. The van der Waals surface area contributed by atoms with Gasteiger partial charge in [-0.2, -0.15) is 9.78 Å². The lowest BCUT2D eigenvalue weighted by Crippen LogP contribution is -2.49. The van der Waals surface area contributed by atoms with Crippen molar-refractivity contribution in [1.29, 1.82) is 0 Å². The lowest BCUT2D eigenvalue weighted by Gasteiger charge is -2.36. The Morgan fingerprint density at radius 1 is 0.944 bits per heavy atom. The monoisotopic (exact) mass is 483 g/mol. The molecular formula is C27H25N5O4. The first-order valence-electron chi connectivity index (χ1n) is 11.8. The molecule has 36 heavy (non-hydrogen) atoms. The van der Waals surface area contributed by atoms with Crippen molar-refractivity contribution in [3.63, 3.8) is 0 Å². The summed E-state index contributed by atoms with van der Waals surface area (Å²) in [5.74, 6) is 0.0765. The van der Waals surface area contributed by atoms with Crippen molar-refractivity contribution in [2.75, 3.05) is 31.1 Å². The minimum Gasteiger partial charge on any atom is -0.368 e. The second kappa shape index (κ2) is 9.61. The summed E-state index contributed by atoms with van der Waals surface area (Å²) in [5.41, 5.74) is 1.85. The van der Waals surface area contributed by atoms with Gasteiger partial charge in [-0.1, -0.05) is 48.5 Å². The summed E-state index contributed by atoms with van der Waals surface area (Å²) in [5, 5.41) is 17.4. The standard InChI is InChI=1S/C27H25N5O4/c1-19-22-9-5-6-10-23(22)27(34)31(28-19)25-18-21(11-12-24(25)32(35)36)29-13-15-30(16-14-29)26(33)17-20-7-3-2-4-8-20/h2-12,18H,13-17H2,1H3. The molecule has 0 saturated carbocycles. The van der Waals surface area contributed by atoms with Gasteiger partial charge in [0, 0.05) is 43.3 Å². The number of piperazine rings is 1. The SMILES string of the molecule is Cc1nn(-c2cc(N3CCN(C(=O)Cc4ccccc4)CC3)ccc2[N+](=O)[O-])c(=O)c2ccccc12. The van der Waals surface area contributed by atoms with Crippen molar-refractivity contribution in [2.45, 2.75) is 13.3 Å². The molecular weight excluding hydrogens is 458 g/mol. The largest absolute Gasteiger partial charge is 0.368 e.